The number of rotatable bonds is 4. The summed E-state index contributed by atoms with van der Waals surface area (Å²) in [5.41, 5.74) is 2.11. The van der Waals surface area contributed by atoms with Gasteiger partial charge in [0, 0.05) is 5.56 Å². The lowest BCUT2D eigenvalue weighted by Crippen LogP contribution is -2.02. The molecule has 1 rings (SSSR count). The van der Waals surface area contributed by atoms with Gasteiger partial charge in [-0.1, -0.05) is 19.1 Å². The Morgan fingerprint density at radius 2 is 2.15 bits per heavy atom. The van der Waals surface area contributed by atoms with Gasteiger partial charge in [-0.25, -0.2) is 0 Å². The van der Waals surface area contributed by atoms with Crippen LogP contribution in [-0.2, 0) is 11.2 Å². The summed E-state index contributed by atoms with van der Waals surface area (Å²) in [5.74, 6) is 0. The van der Waals surface area contributed by atoms with Crippen LogP contribution >= 0.6 is 0 Å². The molecule has 1 amide bonds. The standard InChI is InChI=1S/C10H11NO2/c1-2-8-4-3-5-9(6-12)10(8)11-7-13/h3-7H,2H2,1H3,(H,11,13). The van der Waals surface area contributed by atoms with Gasteiger partial charge in [0.2, 0.25) is 6.41 Å². The predicted octanol–water partition coefficient (Wildman–Crippen LogP) is 1.63. The van der Waals surface area contributed by atoms with Crippen molar-refractivity contribution in [3.05, 3.63) is 29.3 Å². The van der Waals surface area contributed by atoms with E-state index >= 15 is 0 Å². The summed E-state index contributed by atoms with van der Waals surface area (Å²) in [4.78, 5) is 20.9. The van der Waals surface area contributed by atoms with Crippen LogP contribution in [-0.4, -0.2) is 12.7 Å². The molecule has 0 heterocycles. The molecule has 0 radical (unpaired) electrons. The van der Waals surface area contributed by atoms with Crippen molar-refractivity contribution in [2.75, 3.05) is 5.32 Å². The average Bonchev–Trinajstić information content (AvgIpc) is 2.18. The number of hydrogen-bond acceptors (Lipinski definition) is 2. The highest BCUT2D eigenvalue weighted by atomic mass is 16.1. The monoisotopic (exact) mass is 177 g/mol. The van der Waals surface area contributed by atoms with Crippen molar-refractivity contribution >= 4 is 18.4 Å². The van der Waals surface area contributed by atoms with E-state index in [1.165, 1.54) is 0 Å². The number of aldehydes is 1. The first-order valence-corrected chi connectivity index (χ1v) is 4.10. The minimum Gasteiger partial charge on any atom is -0.328 e. The number of carbonyl (C=O) groups is 2. The van der Waals surface area contributed by atoms with Crippen LogP contribution < -0.4 is 5.32 Å². The number of nitrogens with one attached hydrogen (secondary N) is 1. The molecule has 13 heavy (non-hydrogen) atoms. The lowest BCUT2D eigenvalue weighted by atomic mass is 10.1. The molecule has 1 aromatic carbocycles. The third kappa shape index (κ3) is 1.93. The summed E-state index contributed by atoms with van der Waals surface area (Å²) in [6, 6.07) is 5.37. The quantitative estimate of drug-likeness (QED) is 0.710. The summed E-state index contributed by atoms with van der Waals surface area (Å²) in [6.45, 7) is 1.97. The second kappa shape index (κ2) is 4.40. The minimum absolute atomic E-state index is 0.520. The van der Waals surface area contributed by atoms with Crippen molar-refractivity contribution in [3.8, 4) is 0 Å². The molecule has 1 N–H and O–H groups in total. The largest absolute Gasteiger partial charge is 0.328 e. The average molecular weight is 177 g/mol. The lowest BCUT2D eigenvalue weighted by molar-refractivity contribution is -0.105. The highest BCUT2D eigenvalue weighted by molar-refractivity contribution is 5.90. The molecular formula is C10H11NO2. The van der Waals surface area contributed by atoms with E-state index in [4.69, 9.17) is 0 Å². The highest BCUT2D eigenvalue weighted by Gasteiger charge is 2.04. The second-order valence-corrected chi connectivity index (χ2v) is 2.61. The molecule has 0 aliphatic rings. The van der Waals surface area contributed by atoms with E-state index in [1.54, 1.807) is 12.1 Å². The third-order valence-corrected chi connectivity index (χ3v) is 1.89. The fourth-order valence-corrected chi connectivity index (χ4v) is 1.25. The van der Waals surface area contributed by atoms with Crippen molar-refractivity contribution in [3.63, 3.8) is 0 Å². The molecule has 0 aromatic heterocycles. The van der Waals surface area contributed by atoms with Crippen molar-refractivity contribution in [1.29, 1.82) is 0 Å². The van der Waals surface area contributed by atoms with Gasteiger partial charge in [-0.15, -0.1) is 0 Å². The minimum atomic E-state index is 0.520. The molecule has 0 spiro atoms. The Hall–Kier alpha value is -1.64. The summed E-state index contributed by atoms with van der Waals surface area (Å²) in [5, 5.41) is 2.53. The molecule has 0 atom stereocenters. The molecule has 0 aliphatic carbocycles. The normalized spacial score (nSPS) is 9.31. The van der Waals surface area contributed by atoms with Crippen LogP contribution in [0.25, 0.3) is 0 Å². The summed E-state index contributed by atoms with van der Waals surface area (Å²) in [6.07, 6.45) is 2.12. The first kappa shape index (κ1) is 9.45. The molecule has 0 fully saturated rings. The first-order valence-electron chi connectivity index (χ1n) is 4.10. The maximum Gasteiger partial charge on any atom is 0.211 e. The topological polar surface area (TPSA) is 46.2 Å². The zero-order valence-electron chi connectivity index (χ0n) is 7.41. The molecule has 0 saturated heterocycles. The van der Waals surface area contributed by atoms with Crippen LogP contribution in [0.1, 0.15) is 22.8 Å². The number of hydrogen-bond donors (Lipinski definition) is 1. The molecule has 3 nitrogen and oxygen atoms in total. The zero-order chi connectivity index (χ0) is 9.68. The van der Waals surface area contributed by atoms with Crippen LogP contribution in [0.15, 0.2) is 18.2 Å². The lowest BCUT2D eigenvalue weighted by Gasteiger charge is -2.07. The van der Waals surface area contributed by atoms with E-state index in [-0.39, 0.29) is 0 Å². The van der Waals surface area contributed by atoms with Gasteiger partial charge in [0.1, 0.15) is 0 Å². The van der Waals surface area contributed by atoms with Crippen LogP contribution in [0.4, 0.5) is 5.69 Å². The smallest absolute Gasteiger partial charge is 0.211 e. The number of para-hydroxylation sites is 1. The number of benzene rings is 1. The Labute approximate surface area is 76.8 Å². The van der Waals surface area contributed by atoms with Crippen molar-refractivity contribution in [2.45, 2.75) is 13.3 Å². The van der Waals surface area contributed by atoms with Gasteiger partial charge in [0.05, 0.1) is 5.69 Å². The van der Waals surface area contributed by atoms with E-state index in [0.717, 1.165) is 18.3 Å². The van der Waals surface area contributed by atoms with Gasteiger partial charge in [-0.3, -0.25) is 9.59 Å². The Kier molecular flexibility index (Phi) is 3.20. The highest BCUT2D eigenvalue weighted by Crippen LogP contribution is 2.19. The molecule has 0 unspecified atom stereocenters. The predicted molar refractivity (Wildman–Crippen MR) is 50.9 cm³/mol. The van der Waals surface area contributed by atoms with E-state index in [0.29, 0.717) is 17.7 Å². The molecule has 0 saturated carbocycles. The Morgan fingerprint density at radius 1 is 1.38 bits per heavy atom. The SMILES string of the molecule is CCc1cccc(C=O)c1NC=O. The number of anilines is 1. The fourth-order valence-electron chi connectivity index (χ4n) is 1.25. The molecule has 0 aliphatic heterocycles. The van der Waals surface area contributed by atoms with Crippen LogP contribution in [0, 0.1) is 0 Å². The van der Waals surface area contributed by atoms with Gasteiger partial charge in [-0.2, -0.15) is 0 Å². The van der Waals surface area contributed by atoms with Crippen molar-refractivity contribution < 1.29 is 9.59 Å². The fraction of sp³-hybridized carbons (Fsp3) is 0.200. The van der Waals surface area contributed by atoms with Crippen LogP contribution in [0.5, 0.6) is 0 Å². The number of aryl methyl sites for hydroxylation is 1. The Balaban J connectivity index is 3.20. The van der Waals surface area contributed by atoms with Gasteiger partial charge in [0.25, 0.3) is 0 Å². The van der Waals surface area contributed by atoms with Gasteiger partial charge >= 0.3 is 0 Å². The summed E-state index contributed by atoms with van der Waals surface area (Å²) in [7, 11) is 0. The molecule has 1 aromatic rings. The summed E-state index contributed by atoms with van der Waals surface area (Å²) >= 11 is 0. The molecule has 0 bridgehead atoms. The summed E-state index contributed by atoms with van der Waals surface area (Å²) < 4.78 is 0. The van der Waals surface area contributed by atoms with E-state index in [2.05, 4.69) is 5.32 Å². The van der Waals surface area contributed by atoms with E-state index in [9.17, 15) is 9.59 Å². The molecule has 68 valence electrons. The van der Waals surface area contributed by atoms with E-state index in [1.807, 2.05) is 13.0 Å². The Morgan fingerprint density at radius 3 is 2.69 bits per heavy atom. The maximum atomic E-state index is 10.6. The van der Waals surface area contributed by atoms with Crippen LogP contribution in [0.3, 0.4) is 0 Å². The number of amides is 1. The van der Waals surface area contributed by atoms with Gasteiger partial charge in [0.15, 0.2) is 6.29 Å². The van der Waals surface area contributed by atoms with Gasteiger partial charge < -0.3 is 5.32 Å². The Bertz CT molecular complexity index is 321. The first-order chi connectivity index (χ1) is 6.33. The van der Waals surface area contributed by atoms with Crippen molar-refractivity contribution in [1.82, 2.24) is 0 Å². The van der Waals surface area contributed by atoms with E-state index < -0.39 is 0 Å². The molecule has 3 heteroatoms. The third-order valence-electron chi connectivity index (χ3n) is 1.89. The maximum absolute atomic E-state index is 10.6. The second-order valence-electron chi connectivity index (χ2n) is 2.61. The number of carbonyl (C=O) groups excluding carboxylic acids is 2. The van der Waals surface area contributed by atoms with Crippen LogP contribution in [0.2, 0.25) is 0 Å². The van der Waals surface area contributed by atoms with Gasteiger partial charge in [-0.05, 0) is 18.1 Å². The van der Waals surface area contributed by atoms with Crippen molar-refractivity contribution in [2.24, 2.45) is 0 Å². The zero-order valence-corrected chi connectivity index (χ0v) is 7.41. The molecular weight excluding hydrogens is 166 g/mol.